The summed E-state index contributed by atoms with van der Waals surface area (Å²) in [4.78, 5) is 14.3. The Morgan fingerprint density at radius 1 is 0.958 bits per heavy atom. The van der Waals surface area contributed by atoms with Crippen molar-refractivity contribution in [2.24, 2.45) is 0 Å². The van der Waals surface area contributed by atoms with E-state index in [4.69, 9.17) is 26.6 Å². The van der Waals surface area contributed by atoms with Gasteiger partial charge in [0.25, 0.3) is 0 Å². The third kappa shape index (κ3) is 2.43. The van der Waals surface area contributed by atoms with Crippen LogP contribution in [0.25, 0.3) is 33.7 Å². The van der Waals surface area contributed by atoms with Gasteiger partial charge in [0.05, 0.1) is 11.0 Å². The molecule has 0 spiro atoms. The number of rotatable bonds is 3. The molecule has 5 heteroatoms. The van der Waals surface area contributed by atoms with Crippen molar-refractivity contribution in [3.63, 3.8) is 0 Å². The van der Waals surface area contributed by atoms with E-state index in [0.717, 1.165) is 34.5 Å². The molecule has 0 fully saturated rings. The molecule has 0 aliphatic rings. The van der Waals surface area contributed by atoms with Crippen molar-refractivity contribution < 1.29 is 0 Å². The van der Waals surface area contributed by atoms with Crippen LogP contribution in [0.5, 0.6) is 0 Å². The Hall–Kier alpha value is -2.46. The summed E-state index contributed by atoms with van der Waals surface area (Å²) in [6, 6.07) is 15.9. The summed E-state index contributed by atoms with van der Waals surface area (Å²) in [5.41, 5.74) is 4.27. The van der Waals surface area contributed by atoms with Crippen LogP contribution in [-0.2, 0) is 0 Å². The van der Waals surface area contributed by atoms with Gasteiger partial charge < -0.3 is 4.57 Å². The van der Waals surface area contributed by atoms with Crippen LogP contribution in [0.1, 0.15) is 26.3 Å². The van der Waals surface area contributed by atoms with Gasteiger partial charge in [-0.25, -0.2) is 15.0 Å². The number of halogens is 1. The minimum atomic E-state index is 0.274. The molecule has 0 aliphatic heterocycles. The maximum absolute atomic E-state index is 6.03. The fraction of sp³-hybridized carbons (Fsp3) is 0.211. The Kier molecular flexibility index (Phi) is 3.69. The highest BCUT2D eigenvalue weighted by atomic mass is 35.5. The molecule has 0 saturated carbocycles. The minimum Gasteiger partial charge on any atom is -0.304 e. The van der Waals surface area contributed by atoms with Crippen LogP contribution >= 0.6 is 11.6 Å². The lowest BCUT2D eigenvalue weighted by Crippen LogP contribution is -2.07. The smallest absolute Gasteiger partial charge is 0.198 e. The van der Waals surface area contributed by atoms with Crippen molar-refractivity contribution in [2.75, 3.05) is 0 Å². The van der Waals surface area contributed by atoms with Gasteiger partial charge in [0.1, 0.15) is 5.82 Å². The van der Waals surface area contributed by atoms with Crippen LogP contribution in [0.3, 0.4) is 0 Å². The summed E-state index contributed by atoms with van der Waals surface area (Å²) in [6.07, 6.45) is 0.987. The predicted octanol–water partition coefficient (Wildman–Crippen LogP) is 5.27. The Morgan fingerprint density at radius 2 is 1.62 bits per heavy atom. The molecule has 2 aromatic heterocycles. The lowest BCUT2D eigenvalue weighted by molar-refractivity contribution is 0.547. The zero-order chi connectivity index (χ0) is 16.7. The van der Waals surface area contributed by atoms with Crippen LogP contribution < -0.4 is 0 Å². The zero-order valence-electron chi connectivity index (χ0n) is 13.6. The van der Waals surface area contributed by atoms with Gasteiger partial charge in [0.2, 0.25) is 0 Å². The molecule has 0 radical (unpaired) electrons. The maximum atomic E-state index is 6.03. The number of hydrogen-bond donors (Lipinski definition) is 0. The van der Waals surface area contributed by atoms with Gasteiger partial charge in [-0.05, 0) is 49.7 Å². The average Bonchev–Trinajstić information content (AvgIpc) is 2.98. The summed E-state index contributed by atoms with van der Waals surface area (Å²) >= 11 is 6.03. The predicted molar refractivity (Wildman–Crippen MR) is 98.3 cm³/mol. The first-order valence-corrected chi connectivity index (χ1v) is 8.46. The van der Waals surface area contributed by atoms with E-state index in [1.165, 1.54) is 0 Å². The highest BCUT2D eigenvalue weighted by molar-refractivity contribution is 6.30. The lowest BCUT2D eigenvalue weighted by atomic mass is 10.2. The van der Waals surface area contributed by atoms with Crippen molar-refractivity contribution >= 4 is 33.9 Å². The van der Waals surface area contributed by atoms with Gasteiger partial charge in [-0.3, -0.25) is 0 Å². The Labute approximate surface area is 145 Å². The molecule has 2 aromatic carbocycles. The van der Waals surface area contributed by atoms with E-state index >= 15 is 0 Å². The summed E-state index contributed by atoms with van der Waals surface area (Å²) in [6.45, 7) is 4.34. The highest BCUT2D eigenvalue weighted by Crippen LogP contribution is 2.29. The molecule has 0 amide bonds. The van der Waals surface area contributed by atoms with Crippen LogP contribution in [0.2, 0.25) is 5.02 Å². The molecule has 0 aliphatic carbocycles. The first-order chi connectivity index (χ1) is 11.7. The molecule has 0 unspecified atom stereocenters. The molecule has 0 saturated heterocycles. The summed E-state index contributed by atoms with van der Waals surface area (Å²) in [5.74, 6) is 0.881. The van der Waals surface area contributed by atoms with Crippen LogP contribution in [0.4, 0.5) is 0 Å². The first kappa shape index (κ1) is 15.1. The van der Waals surface area contributed by atoms with E-state index in [1.807, 2.05) is 48.5 Å². The normalized spacial score (nSPS) is 12.8. The van der Waals surface area contributed by atoms with Gasteiger partial charge in [0.15, 0.2) is 11.3 Å². The van der Waals surface area contributed by atoms with Crippen molar-refractivity contribution in [1.29, 1.82) is 0 Å². The van der Waals surface area contributed by atoms with E-state index < -0.39 is 0 Å². The molecule has 0 N–H and O–H groups in total. The lowest BCUT2D eigenvalue weighted by Gasteiger charge is -2.15. The number of fused-ring (bicyclic) bond motifs is 2. The topological polar surface area (TPSA) is 43.6 Å². The number of nitrogens with zero attached hydrogens (tertiary/aromatic N) is 4. The minimum absolute atomic E-state index is 0.274. The molecular weight excluding hydrogens is 320 g/mol. The van der Waals surface area contributed by atoms with Crippen molar-refractivity contribution in [3.05, 3.63) is 53.6 Å². The van der Waals surface area contributed by atoms with Crippen LogP contribution in [-0.4, -0.2) is 19.5 Å². The SMILES string of the molecule is CC[C@@H](C)n1c(-c2ccc(Cl)cc2)nc2nc3ccccc3nc21. The van der Waals surface area contributed by atoms with Gasteiger partial charge in [-0.1, -0.05) is 30.7 Å². The molecular formula is C19H17ClN4. The van der Waals surface area contributed by atoms with Gasteiger partial charge in [-0.2, -0.15) is 0 Å². The first-order valence-electron chi connectivity index (χ1n) is 8.08. The number of imidazole rings is 1. The maximum Gasteiger partial charge on any atom is 0.198 e. The fourth-order valence-electron chi connectivity index (χ4n) is 2.88. The fourth-order valence-corrected chi connectivity index (χ4v) is 3.00. The van der Waals surface area contributed by atoms with Crippen molar-refractivity contribution in [3.8, 4) is 11.4 Å². The second-order valence-electron chi connectivity index (χ2n) is 5.93. The molecule has 120 valence electrons. The molecule has 1 atom stereocenters. The van der Waals surface area contributed by atoms with E-state index in [-0.39, 0.29) is 6.04 Å². The summed E-state index contributed by atoms with van der Waals surface area (Å²) in [7, 11) is 0. The summed E-state index contributed by atoms with van der Waals surface area (Å²) in [5, 5.41) is 0.715. The van der Waals surface area contributed by atoms with E-state index in [0.29, 0.717) is 10.7 Å². The van der Waals surface area contributed by atoms with Gasteiger partial charge in [0, 0.05) is 16.6 Å². The quantitative estimate of drug-likeness (QED) is 0.511. The van der Waals surface area contributed by atoms with Crippen molar-refractivity contribution in [2.45, 2.75) is 26.3 Å². The van der Waals surface area contributed by atoms with E-state index in [9.17, 15) is 0 Å². The molecule has 4 aromatic rings. The number of benzene rings is 2. The second kappa shape index (κ2) is 5.87. The Balaban J connectivity index is 2.04. The summed E-state index contributed by atoms with van der Waals surface area (Å²) < 4.78 is 2.18. The van der Waals surface area contributed by atoms with Gasteiger partial charge >= 0.3 is 0 Å². The molecule has 24 heavy (non-hydrogen) atoms. The monoisotopic (exact) mass is 336 g/mol. The molecule has 0 bridgehead atoms. The molecule has 4 rings (SSSR count). The Bertz CT molecular complexity index is 1020. The number of para-hydroxylation sites is 2. The molecule has 4 nitrogen and oxygen atoms in total. The highest BCUT2D eigenvalue weighted by Gasteiger charge is 2.19. The molecule has 2 heterocycles. The van der Waals surface area contributed by atoms with E-state index in [1.54, 1.807) is 0 Å². The van der Waals surface area contributed by atoms with Crippen LogP contribution in [0.15, 0.2) is 48.5 Å². The third-order valence-electron chi connectivity index (χ3n) is 4.34. The van der Waals surface area contributed by atoms with E-state index in [2.05, 4.69) is 18.4 Å². The standard InChI is InChI=1S/C19H17ClN4/c1-3-12(2)24-18(13-8-10-14(20)11-9-13)23-17-19(24)22-16-7-5-4-6-15(16)21-17/h4-12H,3H2,1-2H3/t12-/m1/s1. The Morgan fingerprint density at radius 3 is 2.29 bits per heavy atom. The largest absolute Gasteiger partial charge is 0.304 e. The van der Waals surface area contributed by atoms with Crippen molar-refractivity contribution in [1.82, 2.24) is 19.5 Å². The number of hydrogen-bond acceptors (Lipinski definition) is 3. The van der Waals surface area contributed by atoms with Gasteiger partial charge in [-0.15, -0.1) is 0 Å². The number of aromatic nitrogens is 4. The zero-order valence-corrected chi connectivity index (χ0v) is 14.3. The third-order valence-corrected chi connectivity index (χ3v) is 4.59. The second-order valence-corrected chi connectivity index (χ2v) is 6.37. The average molecular weight is 337 g/mol. The van der Waals surface area contributed by atoms with Crippen LogP contribution in [0, 0.1) is 0 Å².